The topological polar surface area (TPSA) is 43.4 Å². The van der Waals surface area contributed by atoms with Crippen molar-refractivity contribution in [3.63, 3.8) is 0 Å². The number of hydrogen-bond acceptors (Lipinski definition) is 4. The molecule has 0 saturated carbocycles. The third-order valence-electron chi connectivity index (χ3n) is 3.11. The summed E-state index contributed by atoms with van der Waals surface area (Å²) in [5.41, 5.74) is 0. The van der Waals surface area contributed by atoms with E-state index in [-0.39, 0.29) is 5.25 Å². The maximum Gasteiger partial charge on any atom is 0.271 e. The molecule has 3 aliphatic rings. The third-order valence-corrected chi connectivity index (χ3v) is 6.90. The Bertz CT molecular complexity index is 311. The Kier molecular flexibility index (Phi) is 1.40. The van der Waals surface area contributed by atoms with Crippen molar-refractivity contribution in [2.24, 2.45) is 5.92 Å². The van der Waals surface area contributed by atoms with Crippen LogP contribution in [0.3, 0.4) is 0 Å². The highest BCUT2D eigenvalue weighted by Crippen LogP contribution is 2.54. The molecule has 0 N–H and O–H groups in total. The quantitative estimate of drug-likeness (QED) is 0.545. The maximum atomic E-state index is 11.4. The Morgan fingerprint density at radius 2 is 2.00 bits per heavy atom. The first-order valence-corrected chi connectivity index (χ1v) is 6.63. The fourth-order valence-electron chi connectivity index (χ4n) is 2.59. The van der Waals surface area contributed by atoms with E-state index in [4.69, 9.17) is 4.18 Å². The molecule has 3 saturated heterocycles. The predicted octanol–water partition coefficient (Wildman–Crippen LogP) is 0.609. The summed E-state index contributed by atoms with van der Waals surface area (Å²) in [6, 6.07) is 0. The number of hydrogen-bond donors (Lipinski definition) is 0. The Morgan fingerprint density at radius 1 is 1.25 bits per heavy atom. The Balaban J connectivity index is 2.05. The molecule has 0 amide bonds. The van der Waals surface area contributed by atoms with E-state index in [0.29, 0.717) is 23.0 Å². The minimum Gasteiger partial charge on any atom is -0.269 e. The van der Waals surface area contributed by atoms with Crippen molar-refractivity contribution in [1.82, 2.24) is 0 Å². The smallest absolute Gasteiger partial charge is 0.269 e. The van der Waals surface area contributed by atoms with Crippen molar-refractivity contribution >= 4 is 21.9 Å². The van der Waals surface area contributed by atoms with Gasteiger partial charge in [0.1, 0.15) is 5.25 Å². The first-order valence-electron chi connectivity index (χ1n) is 4.22. The minimum absolute atomic E-state index is 0.166. The Morgan fingerprint density at radius 3 is 2.75 bits per heavy atom. The van der Waals surface area contributed by atoms with Gasteiger partial charge in [-0.3, -0.25) is 4.18 Å². The fourth-order valence-corrected chi connectivity index (χ4v) is 6.80. The zero-order valence-corrected chi connectivity index (χ0v) is 8.10. The summed E-state index contributed by atoms with van der Waals surface area (Å²) in [6.07, 6.45) is 2.26. The van der Waals surface area contributed by atoms with Crippen molar-refractivity contribution in [3.8, 4) is 0 Å². The van der Waals surface area contributed by atoms with Crippen LogP contribution >= 0.6 is 11.8 Å². The lowest BCUT2D eigenvalue weighted by Crippen LogP contribution is -2.33. The van der Waals surface area contributed by atoms with E-state index in [1.54, 1.807) is 0 Å². The monoisotopic (exact) mass is 206 g/mol. The Labute approximate surface area is 76.0 Å². The summed E-state index contributed by atoms with van der Waals surface area (Å²) >= 11 is 1.87. The minimum atomic E-state index is -3.18. The van der Waals surface area contributed by atoms with E-state index < -0.39 is 10.1 Å². The van der Waals surface area contributed by atoms with Crippen molar-refractivity contribution in [2.75, 3.05) is 6.61 Å². The van der Waals surface area contributed by atoms with Crippen LogP contribution in [-0.2, 0) is 14.3 Å². The van der Waals surface area contributed by atoms with Gasteiger partial charge >= 0.3 is 0 Å². The van der Waals surface area contributed by atoms with Crippen LogP contribution in [0.1, 0.15) is 12.8 Å². The van der Waals surface area contributed by atoms with Gasteiger partial charge in [-0.2, -0.15) is 20.2 Å². The van der Waals surface area contributed by atoms with Crippen LogP contribution in [-0.4, -0.2) is 30.8 Å². The van der Waals surface area contributed by atoms with E-state index in [1.807, 2.05) is 11.8 Å². The van der Waals surface area contributed by atoms with Crippen molar-refractivity contribution < 1.29 is 12.6 Å². The molecule has 2 bridgehead atoms. The third kappa shape index (κ3) is 0.795. The van der Waals surface area contributed by atoms with Gasteiger partial charge in [0.2, 0.25) is 0 Å². The van der Waals surface area contributed by atoms with E-state index in [1.165, 1.54) is 6.42 Å². The van der Waals surface area contributed by atoms with Gasteiger partial charge in [0, 0.05) is 16.4 Å². The summed E-state index contributed by atoms with van der Waals surface area (Å²) < 4.78 is 27.6. The summed E-state index contributed by atoms with van der Waals surface area (Å²) in [5.74, 6) is 0.304. The lowest BCUT2D eigenvalue weighted by atomic mass is 9.89. The van der Waals surface area contributed by atoms with Gasteiger partial charge in [0.05, 0.1) is 6.61 Å². The van der Waals surface area contributed by atoms with E-state index in [0.717, 1.165) is 6.42 Å². The molecular formula is C7H10O3S2. The zero-order valence-electron chi connectivity index (χ0n) is 6.47. The largest absolute Gasteiger partial charge is 0.271 e. The molecule has 3 aliphatic heterocycles. The second-order valence-electron chi connectivity index (χ2n) is 3.70. The molecule has 3 heterocycles. The van der Waals surface area contributed by atoms with Crippen LogP contribution in [0, 0.1) is 5.92 Å². The highest BCUT2D eigenvalue weighted by atomic mass is 32.2. The van der Waals surface area contributed by atoms with Gasteiger partial charge in [-0.1, -0.05) is 0 Å². The molecule has 0 aromatic carbocycles. The van der Waals surface area contributed by atoms with Crippen LogP contribution < -0.4 is 0 Å². The van der Waals surface area contributed by atoms with Gasteiger partial charge in [-0.15, -0.1) is 0 Å². The highest BCUT2D eigenvalue weighted by Gasteiger charge is 2.58. The van der Waals surface area contributed by atoms with Gasteiger partial charge in [-0.25, -0.2) is 0 Å². The summed E-state index contributed by atoms with van der Waals surface area (Å²) in [5, 5.41) is 0.742. The fraction of sp³-hybridized carbons (Fsp3) is 1.00. The number of rotatable bonds is 0. The lowest BCUT2D eigenvalue weighted by Gasteiger charge is -2.18. The van der Waals surface area contributed by atoms with E-state index in [2.05, 4.69) is 0 Å². The van der Waals surface area contributed by atoms with Crippen LogP contribution in [0.2, 0.25) is 0 Å². The second-order valence-corrected chi connectivity index (χ2v) is 6.94. The molecule has 4 atom stereocenters. The molecule has 0 aromatic heterocycles. The first kappa shape index (κ1) is 7.64. The maximum absolute atomic E-state index is 11.4. The first-order chi connectivity index (χ1) is 5.68. The molecular weight excluding hydrogens is 196 g/mol. The number of fused-ring (bicyclic) bond motifs is 5. The standard InChI is InChI=1S/C7H10O3S2/c8-12(9)7-4(3-10-12)5-1-2-6(7)11-5/h4-7H,1-3H2. The van der Waals surface area contributed by atoms with Crippen LogP contribution in [0.4, 0.5) is 0 Å². The molecule has 3 fully saturated rings. The highest BCUT2D eigenvalue weighted by molar-refractivity contribution is 8.02. The average Bonchev–Trinajstić information content (AvgIpc) is 2.61. The van der Waals surface area contributed by atoms with Gasteiger partial charge in [0.15, 0.2) is 0 Å². The van der Waals surface area contributed by atoms with Crippen LogP contribution in [0.15, 0.2) is 0 Å². The van der Waals surface area contributed by atoms with Gasteiger partial charge < -0.3 is 0 Å². The molecule has 12 heavy (non-hydrogen) atoms. The van der Waals surface area contributed by atoms with Crippen LogP contribution in [0.5, 0.6) is 0 Å². The van der Waals surface area contributed by atoms with E-state index >= 15 is 0 Å². The molecule has 4 unspecified atom stereocenters. The molecule has 3 rings (SSSR count). The SMILES string of the molecule is O=S1(=O)OCC2C3CCC(S3)C21. The van der Waals surface area contributed by atoms with Crippen molar-refractivity contribution in [1.29, 1.82) is 0 Å². The molecule has 0 spiro atoms. The predicted molar refractivity (Wildman–Crippen MR) is 46.6 cm³/mol. The lowest BCUT2D eigenvalue weighted by molar-refractivity contribution is 0.296. The van der Waals surface area contributed by atoms with Gasteiger partial charge in [0.25, 0.3) is 10.1 Å². The second kappa shape index (κ2) is 2.19. The molecule has 0 aromatic rings. The molecule has 68 valence electrons. The summed E-state index contributed by atoms with van der Waals surface area (Å²) in [4.78, 5) is 0. The van der Waals surface area contributed by atoms with Crippen molar-refractivity contribution in [2.45, 2.75) is 28.6 Å². The number of thioether (sulfide) groups is 1. The zero-order chi connectivity index (χ0) is 8.34. The van der Waals surface area contributed by atoms with Gasteiger partial charge in [-0.05, 0) is 12.8 Å². The van der Waals surface area contributed by atoms with Crippen molar-refractivity contribution in [3.05, 3.63) is 0 Å². The average molecular weight is 206 g/mol. The molecule has 0 aliphatic carbocycles. The normalized spacial score (nSPS) is 54.3. The molecule has 3 nitrogen and oxygen atoms in total. The molecule has 0 radical (unpaired) electrons. The summed E-state index contributed by atoms with van der Waals surface area (Å²) in [6.45, 7) is 0.446. The Hall–Kier alpha value is 0.260. The van der Waals surface area contributed by atoms with E-state index in [9.17, 15) is 8.42 Å². The van der Waals surface area contributed by atoms with Crippen LogP contribution in [0.25, 0.3) is 0 Å². The molecule has 5 heteroatoms. The summed E-state index contributed by atoms with van der Waals surface area (Å²) in [7, 11) is -3.18.